The van der Waals surface area contributed by atoms with Gasteiger partial charge in [0.2, 0.25) is 0 Å². The average molecular weight is 303 g/mol. The summed E-state index contributed by atoms with van der Waals surface area (Å²) in [6.07, 6.45) is 1.05. The highest BCUT2D eigenvalue weighted by molar-refractivity contribution is 8.07. The van der Waals surface area contributed by atoms with Gasteiger partial charge < -0.3 is 5.32 Å². The van der Waals surface area contributed by atoms with Crippen molar-refractivity contribution in [2.75, 3.05) is 18.6 Å². The molecule has 2 rings (SSSR count). The maximum Gasteiger partial charge on any atom is 0.163 e. The molecule has 1 saturated heterocycles. The number of nitrogens with one attached hydrogen (secondary N) is 1. The van der Waals surface area contributed by atoms with E-state index in [0.717, 1.165) is 17.9 Å². The van der Waals surface area contributed by atoms with Gasteiger partial charge in [0.05, 0.1) is 0 Å². The SMILES string of the molecule is CCC1SCCSC1C(NC)c1cccc(F)c1F. The zero-order valence-corrected chi connectivity index (χ0v) is 12.8. The molecule has 3 atom stereocenters. The maximum absolute atomic E-state index is 14.0. The second-order valence-corrected chi connectivity index (χ2v) is 7.20. The number of hydrogen-bond acceptors (Lipinski definition) is 3. The van der Waals surface area contributed by atoms with Crippen molar-refractivity contribution in [1.29, 1.82) is 0 Å². The van der Waals surface area contributed by atoms with Crippen LogP contribution in [0.3, 0.4) is 0 Å². The van der Waals surface area contributed by atoms with E-state index in [0.29, 0.717) is 10.8 Å². The van der Waals surface area contributed by atoms with Crippen LogP contribution in [0.25, 0.3) is 0 Å². The molecule has 0 saturated carbocycles. The molecule has 0 radical (unpaired) electrons. The Bertz CT molecular complexity index is 428. The summed E-state index contributed by atoms with van der Waals surface area (Å²) in [4.78, 5) is 0. The minimum Gasteiger partial charge on any atom is -0.312 e. The van der Waals surface area contributed by atoms with Crippen molar-refractivity contribution in [2.24, 2.45) is 0 Å². The van der Waals surface area contributed by atoms with E-state index in [1.54, 1.807) is 12.1 Å². The van der Waals surface area contributed by atoms with E-state index < -0.39 is 11.6 Å². The van der Waals surface area contributed by atoms with Crippen LogP contribution < -0.4 is 5.32 Å². The summed E-state index contributed by atoms with van der Waals surface area (Å²) in [5.74, 6) is 0.731. The van der Waals surface area contributed by atoms with E-state index in [9.17, 15) is 8.78 Å². The fraction of sp³-hybridized carbons (Fsp3) is 0.571. The zero-order valence-electron chi connectivity index (χ0n) is 11.2. The minimum atomic E-state index is -0.765. The molecule has 1 heterocycles. The van der Waals surface area contributed by atoms with Crippen LogP contribution >= 0.6 is 23.5 Å². The van der Waals surface area contributed by atoms with Gasteiger partial charge >= 0.3 is 0 Å². The van der Waals surface area contributed by atoms with Crippen LogP contribution in [-0.4, -0.2) is 29.1 Å². The van der Waals surface area contributed by atoms with E-state index in [2.05, 4.69) is 12.2 Å². The van der Waals surface area contributed by atoms with Gasteiger partial charge in [-0.05, 0) is 19.5 Å². The quantitative estimate of drug-likeness (QED) is 0.907. The summed E-state index contributed by atoms with van der Waals surface area (Å²) in [6.45, 7) is 2.16. The summed E-state index contributed by atoms with van der Waals surface area (Å²) >= 11 is 3.81. The second kappa shape index (κ2) is 6.95. The molecule has 5 heteroatoms. The van der Waals surface area contributed by atoms with Crippen molar-refractivity contribution in [2.45, 2.75) is 29.9 Å². The Balaban J connectivity index is 2.30. The summed E-state index contributed by atoms with van der Waals surface area (Å²) < 4.78 is 27.4. The van der Waals surface area contributed by atoms with Gasteiger partial charge in [0, 0.05) is 33.6 Å². The van der Waals surface area contributed by atoms with E-state index in [4.69, 9.17) is 0 Å². The molecule has 1 nitrogen and oxygen atoms in total. The van der Waals surface area contributed by atoms with Gasteiger partial charge in [0.1, 0.15) is 0 Å². The van der Waals surface area contributed by atoms with Crippen molar-refractivity contribution >= 4 is 23.5 Å². The van der Waals surface area contributed by atoms with Crippen molar-refractivity contribution in [1.82, 2.24) is 5.32 Å². The zero-order chi connectivity index (χ0) is 13.8. The molecule has 1 aliphatic rings. The molecule has 0 spiro atoms. The monoisotopic (exact) mass is 303 g/mol. The van der Waals surface area contributed by atoms with Gasteiger partial charge in [-0.3, -0.25) is 0 Å². The molecule has 1 fully saturated rings. The Hall–Kier alpha value is -0.260. The first-order chi connectivity index (χ1) is 9.19. The van der Waals surface area contributed by atoms with Crippen LogP contribution in [0.5, 0.6) is 0 Å². The minimum absolute atomic E-state index is 0.140. The average Bonchev–Trinajstić information content (AvgIpc) is 2.45. The molecule has 1 aliphatic heterocycles. The first-order valence-corrected chi connectivity index (χ1v) is 8.63. The van der Waals surface area contributed by atoms with Crippen LogP contribution in [0.15, 0.2) is 18.2 Å². The van der Waals surface area contributed by atoms with E-state index in [1.807, 2.05) is 30.6 Å². The lowest BCUT2D eigenvalue weighted by Crippen LogP contribution is -2.37. The third-order valence-electron chi connectivity index (χ3n) is 3.45. The first kappa shape index (κ1) is 15.1. The van der Waals surface area contributed by atoms with Crippen molar-refractivity contribution < 1.29 is 8.78 Å². The Morgan fingerprint density at radius 2 is 2.05 bits per heavy atom. The summed E-state index contributed by atoms with van der Waals surface area (Å²) in [6, 6.07) is 4.30. The summed E-state index contributed by atoms with van der Waals surface area (Å²) in [5, 5.41) is 3.95. The van der Waals surface area contributed by atoms with Crippen LogP contribution in [0.4, 0.5) is 8.78 Å². The molecule has 19 heavy (non-hydrogen) atoms. The molecule has 3 unspecified atom stereocenters. The topological polar surface area (TPSA) is 12.0 Å². The number of halogens is 2. The Morgan fingerprint density at radius 3 is 2.74 bits per heavy atom. The molecular formula is C14H19F2NS2. The molecule has 1 aromatic carbocycles. The molecular weight excluding hydrogens is 284 g/mol. The molecule has 1 N–H and O–H groups in total. The third-order valence-corrected chi connectivity index (χ3v) is 6.80. The highest BCUT2D eigenvalue weighted by Gasteiger charge is 2.33. The highest BCUT2D eigenvalue weighted by atomic mass is 32.2. The predicted molar refractivity (Wildman–Crippen MR) is 80.9 cm³/mol. The smallest absolute Gasteiger partial charge is 0.163 e. The van der Waals surface area contributed by atoms with E-state index >= 15 is 0 Å². The van der Waals surface area contributed by atoms with Gasteiger partial charge in [-0.25, -0.2) is 8.78 Å². The number of benzene rings is 1. The van der Waals surface area contributed by atoms with Crippen molar-refractivity contribution in [3.05, 3.63) is 35.4 Å². The Morgan fingerprint density at radius 1 is 1.32 bits per heavy atom. The molecule has 1 aromatic rings. The van der Waals surface area contributed by atoms with Crippen LogP contribution in [0.1, 0.15) is 24.9 Å². The molecule has 0 aliphatic carbocycles. The van der Waals surface area contributed by atoms with Gasteiger partial charge in [-0.15, -0.1) is 0 Å². The fourth-order valence-electron chi connectivity index (χ4n) is 2.50. The Kier molecular flexibility index (Phi) is 5.54. The second-order valence-electron chi connectivity index (χ2n) is 4.56. The lowest BCUT2D eigenvalue weighted by Gasteiger charge is -2.36. The van der Waals surface area contributed by atoms with Gasteiger partial charge in [0.15, 0.2) is 11.6 Å². The van der Waals surface area contributed by atoms with Crippen LogP contribution in [0, 0.1) is 11.6 Å². The van der Waals surface area contributed by atoms with Crippen LogP contribution in [-0.2, 0) is 0 Å². The predicted octanol–water partition coefficient (Wildman–Crippen LogP) is 3.85. The first-order valence-electron chi connectivity index (χ1n) is 6.53. The number of thioether (sulfide) groups is 2. The summed E-state index contributed by atoms with van der Waals surface area (Å²) in [7, 11) is 1.82. The lowest BCUT2D eigenvalue weighted by molar-refractivity contribution is 0.463. The number of rotatable bonds is 4. The van der Waals surface area contributed by atoms with E-state index in [-0.39, 0.29) is 11.3 Å². The van der Waals surface area contributed by atoms with E-state index in [1.165, 1.54) is 6.07 Å². The molecule has 0 aromatic heterocycles. The lowest BCUT2D eigenvalue weighted by atomic mass is 9.99. The van der Waals surface area contributed by atoms with Crippen LogP contribution in [0.2, 0.25) is 0 Å². The van der Waals surface area contributed by atoms with Gasteiger partial charge in [-0.2, -0.15) is 23.5 Å². The fourth-order valence-corrected chi connectivity index (χ4v) is 5.79. The standard InChI is InChI=1S/C14H19F2NS2/c1-3-11-14(19-8-7-18-11)13(17-2)9-5-4-6-10(15)12(9)16/h4-6,11,13-14,17H,3,7-8H2,1-2H3. The molecule has 106 valence electrons. The van der Waals surface area contributed by atoms with Gasteiger partial charge in [0.25, 0.3) is 0 Å². The molecule has 0 bridgehead atoms. The Labute approximate surface area is 121 Å². The van der Waals surface area contributed by atoms with Crippen molar-refractivity contribution in [3.8, 4) is 0 Å². The highest BCUT2D eigenvalue weighted by Crippen LogP contribution is 2.40. The summed E-state index contributed by atoms with van der Waals surface area (Å²) in [5.41, 5.74) is 0.445. The third kappa shape index (κ3) is 3.26. The van der Waals surface area contributed by atoms with Gasteiger partial charge in [-0.1, -0.05) is 19.1 Å². The van der Waals surface area contributed by atoms with Crippen molar-refractivity contribution in [3.63, 3.8) is 0 Å². The maximum atomic E-state index is 14.0. The normalized spacial score (nSPS) is 25.3. The molecule has 0 amide bonds. The largest absolute Gasteiger partial charge is 0.312 e. The number of hydrogen-bond donors (Lipinski definition) is 1.